The second kappa shape index (κ2) is 4.11. The number of carbonyl (C=O) groups excluding carboxylic acids is 1. The van der Waals surface area contributed by atoms with Gasteiger partial charge in [0.15, 0.2) is 0 Å². The lowest BCUT2D eigenvalue weighted by Crippen LogP contribution is -1.87. The molecule has 13 heavy (non-hydrogen) atoms. The van der Waals surface area contributed by atoms with Crippen LogP contribution in [0.5, 0.6) is 0 Å². The zero-order valence-corrected chi connectivity index (χ0v) is 8.39. The summed E-state index contributed by atoms with van der Waals surface area (Å²) in [7, 11) is 0. The summed E-state index contributed by atoms with van der Waals surface area (Å²) in [5, 5.41) is 10.4. The van der Waals surface area contributed by atoms with Gasteiger partial charge in [-0.1, -0.05) is 0 Å². The van der Waals surface area contributed by atoms with Crippen molar-refractivity contribution in [3.63, 3.8) is 0 Å². The van der Waals surface area contributed by atoms with Crippen molar-refractivity contribution in [1.82, 2.24) is 0 Å². The molecule has 0 heterocycles. The molecule has 0 aliphatic carbocycles. The highest BCUT2D eigenvalue weighted by Gasteiger charge is 2.07. The lowest BCUT2D eigenvalue weighted by atomic mass is 10.3. The largest absolute Gasteiger partial charge is 0.272 e. The maximum absolute atomic E-state index is 10.4. The van der Waals surface area contributed by atoms with Crippen LogP contribution in [-0.4, -0.2) is 11.0 Å². The van der Waals surface area contributed by atoms with E-state index in [-0.39, 0.29) is 11.4 Å². The number of hydrogen-bond donors (Lipinski definition) is 0. The molecule has 1 aromatic carbocycles. The minimum absolute atomic E-state index is 0.0825. The number of isocyanates is 1. The molecule has 0 fully saturated rings. The van der Waals surface area contributed by atoms with Crippen LogP contribution in [0.1, 0.15) is 0 Å². The fraction of sp³-hybridized carbons (Fsp3) is 0. The van der Waals surface area contributed by atoms with Gasteiger partial charge >= 0.3 is 0 Å². The molecule has 0 atom stereocenters. The Morgan fingerprint density at radius 2 is 2.15 bits per heavy atom. The number of non-ortho nitro benzene ring substituents is 1. The van der Waals surface area contributed by atoms with Gasteiger partial charge in [0.25, 0.3) is 5.69 Å². The van der Waals surface area contributed by atoms with Crippen molar-refractivity contribution in [3.8, 4) is 0 Å². The number of rotatable bonds is 2. The molecule has 0 spiro atoms. The molecular weight excluding hydrogens is 287 g/mol. The molecule has 6 heteroatoms. The molecule has 0 bridgehead atoms. The second-order valence-electron chi connectivity index (χ2n) is 2.13. The number of aliphatic imine (C=N–C) groups is 1. The zero-order valence-electron chi connectivity index (χ0n) is 6.23. The van der Waals surface area contributed by atoms with Crippen molar-refractivity contribution in [2.24, 2.45) is 4.99 Å². The average Bonchev–Trinajstić information content (AvgIpc) is 2.03. The monoisotopic (exact) mass is 290 g/mol. The first kappa shape index (κ1) is 9.82. The molecule has 66 valence electrons. The molecule has 0 aliphatic heterocycles. The predicted octanol–water partition coefficient (Wildman–Crippen LogP) is 2.17. The molecule has 0 saturated heterocycles. The highest BCUT2D eigenvalue weighted by molar-refractivity contribution is 14.1. The summed E-state index contributed by atoms with van der Waals surface area (Å²) in [5.74, 6) is 0. The van der Waals surface area contributed by atoms with Gasteiger partial charge < -0.3 is 0 Å². The van der Waals surface area contributed by atoms with Gasteiger partial charge in [0.2, 0.25) is 6.08 Å². The van der Waals surface area contributed by atoms with Crippen LogP contribution in [0.2, 0.25) is 0 Å². The Kier molecular flexibility index (Phi) is 3.10. The maximum Gasteiger partial charge on any atom is 0.272 e. The van der Waals surface area contributed by atoms with Crippen molar-refractivity contribution >= 4 is 40.0 Å². The number of nitro benzene ring substituents is 1. The number of hydrogen-bond acceptors (Lipinski definition) is 4. The van der Waals surface area contributed by atoms with Crippen LogP contribution in [0.25, 0.3) is 0 Å². The highest BCUT2D eigenvalue weighted by Crippen LogP contribution is 2.23. The molecule has 5 nitrogen and oxygen atoms in total. The standard InChI is InChI=1S/C7H3IN2O3/c8-5-1-6(9-4-11)3-7(2-5)10(12)13/h1-3H. The van der Waals surface area contributed by atoms with Gasteiger partial charge in [0, 0.05) is 15.7 Å². The van der Waals surface area contributed by atoms with Gasteiger partial charge in [-0.25, -0.2) is 4.79 Å². The Hall–Kier alpha value is -1.27. The molecule has 0 aliphatic rings. The van der Waals surface area contributed by atoms with Crippen LogP contribution in [0.15, 0.2) is 23.2 Å². The van der Waals surface area contributed by atoms with E-state index >= 15 is 0 Å². The van der Waals surface area contributed by atoms with Crippen LogP contribution < -0.4 is 0 Å². The predicted molar refractivity (Wildman–Crippen MR) is 53.6 cm³/mol. The fourth-order valence-corrected chi connectivity index (χ4v) is 1.42. The summed E-state index contributed by atoms with van der Waals surface area (Å²) >= 11 is 1.91. The molecule has 0 aromatic heterocycles. The molecule has 1 rings (SSSR count). The van der Waals surface area contributed by atoms with Gasteiger partial charge in [-0.15, -0.1) is 0 Å². The van der Waals surface area contributed by atoms with E-state index in [1.54, 1.807) is 6.07 Å². The van der Waals surface area contributed by atoms with Gasteiger partial charge in [0.05, 0.1) is 10.6 Å². The normalized spacial score (nSPS) is 9.00. The van der Waals surface area contributed by atoms with E-state index in [0.29, 0.717) is 3.57 Å². The minimum Gasteiger partial charge on any atom is -0.258 e. The van der Waals surface area contributed by atoms with Crippen LogP contribution >= 0.6 is 22.6 Å². The maximum atomic E-state index is 10.4. The highest BCUT2D eigenvalue weighted by atomic mass is 127. The average molecular weight is 290 g/mol. The summed E-state index contributed by atoms with van der Waals surface area (Å²) in [6, 6.07) is 4.16. The van der Waals surface area contributed by atoms with Crippen molar-refractivity contribution in [1.29, 1.82) is 0 Å². The second-order valence-corrected chi connectivity index (χ2v) is 3.37. The van der Waals surface area contributed by atoms with Crippen LogP contribution in [0.4, 0.5) is 11.4 Å². The summed E-state index contributed by atoms with van der Waals surface area (Å²) in [4.78, 5) is 23.0. The van der Waals surface area contributed by atoms with Crippen LogP contribution in [0, 0.1) is 13.7 Å². The first-order valence-electron chi connectivity index (χ1n) is 3.16. The number of halogens is 1. The smallest absolute Gasteiger partial charge is 0.258 e. The summed E-state index contributed by atoms with van der Waals surface area (Å²) < 4.78 is 0.654. The zero-order chi connectivity index (χ0) is 9.84. The number of nitro groups is 1. The molecule has 1 aromatic rings. The van der Waals surface area contributed by atoms with Crippen LogP contribution in [0.3, 0.4) is 0 Å². The first-order valence-corrected chi connectivity index (χ1v) is 4.24. The van der Waals surface area contributed by atoms with E-state index < -0.39 is 4.92 Å². The quantitative estimate of drug-likeness (QED) is 0.275. The first-order chi connectivity index (χ1) is 6.13. The summed E-state index contributed by atoms with van der Waals surface area (Å²) in [6.07, 6.45) is 1.33. The third-order valence-corrected chi connectivity index (χ3v) is 1.88. The Balaban J connectivity index is 3.26. The topological polar surface area (TPSA) is 72.6 Å². The van der Waals surface area contributed by atoms with E-state index in [4.69, 9.17) is 0 Å². The Morgan fingerprint density at radius 3 is 2.69 bits per heavy atom. The third kappa shape index (κ3) is 2.60. The lowest BCUT2D eigenvalue weighted by Gasteiger charge is -1.94. The van der Waals surface area contributed by atoms with E-state index in [2.05, 4.69) is 4.99 Å². The number of benzene rings is 1. The van der Waals surface area contributed by atoms with Gasteiger partial charge in [0.1, 0.15) is 0 Å². The van der Waals surface area contributed by atoms with Gasteiger partial charge in [-0.3, -0.25) is 10.1 Å². The van der Waals surface area contributed by atoms with E-state index in [9.17, 15) is 14.9 Å². The minimum atomic E-state index is -0.536. The molecule has 0 N–H and O–H groups in total. The van der Waals surface area contributed by atoms with Crippen LogP contribution in [-0.2, 0) is 4.79 Å². The lowest BCUT2D eigenvalue weighted by molar-refractivity contribution is -0.384. The Morgan fingerprint density at radius 1 is 1.46 bits per heavy atom. The summed E-state index contributed by atoms with van der Waals surface area (Å²) in [6.45, 7) is 0. The molecule has 0 radical (unpaired) electrons. The Labute approximate surface area is 86.8 Å². The summed E-state index contributed by atoms with van der Waals surface area (Å²) in [5.41, 5.74) is 0.162. The fourth-order valence-electron chi connectivity index (χ4n) is 0.782. The SMILES string of the molecule is O=C=Nc1cc(I)cc([N+](=O)[O-])c1. The van der Waals surface area contributed by atoms with Gasteiger partial charge in [-0.05, 0) is 28.7 Å². The van der Waals surface area contributed by atoms with Crippen molar-refractivity contribution in [2.75, 3.05) is 0 Å². The number of nitrogens with zero attached hydrogens (tertiary/aromatic N) is 2. The van der Waals surface area contributed by atoms with E-state index in [0.717, 1.165) is 0 Å². The van der Waals surface area contributed by atoms with E-state index in [1.807, 2.05) is 22.6 Å². The van der Waals surface area contributed by atoms with Crippen molar-refractivity contribution < 1.29 is 9.72 Å². The van der Waals surface area contributed by atoms with Crippen molar-refractivity contribution in [3.05, 3.63) is 31.9 Å². The molecular formula is C7H3IN2O3. The third-order valence-electron chi connectivity index (χ3n) is 1.25. The Bertz CT molecular complexity index is 378. The van der Waals surface area contributed by atoms with Crippen molar-refractivity contribution in [2.45, 2.75) is 0 Å². The molecule has 0 amide bonds. The molecule has 0 unspecified atom stereocenters. The van der Waals surface area contributed by atoms with E-state index in [1.165, 1.54) is 18.2 Å². The van der Waals surface area contributed by atoms with Gasteiger partial charge in [-0.2, -0.15) is 4.99 Å². The molecule has 0 saturated carbocycles.